The molecule has 0 saturated carbocycles. The van der Waals surface area contributed by atoms with Crippen LogP contribution in [0, 0.1) is 13.8 Å². The van der Waals surface area contributed by atoms with E-state index in [2.05, 4.69) is 15.3 Å². The quantitative estimate of drug-likeness (QED) is 0.737. The van der Waals surface area contributed by atoms with Crippen LogP contribution in [-0.2, 0) is 7.05 Å². The third-order valence-electron chi connectivity index (χ3n) is 4.60. The van der Waals surface area contributed by atoms with Gasteiger partial charge in [0.25, 0.3) is 5.91 Å². The average molecular weight is 308 g/mol. The molecule has 1 amide bonds. The fourth-order valence-corrected chi connectivity index (χ4v) is 3.23. The highest BCUT2D eigenvalue weighted by Crippen LogP contribution is 2.17. The van der Waals surface area contributed by atoms with Crippen LogP contribution in [0.5, 0.6) is 0 Å². The van der Waals surface area contributed by atoms with E-state index in [1.165, 1.54) is 6.42 Å². The summed E-state index contributed by atoms with van der Waals surface area (Å²) in [5.41, 5.74) is 2.38. The van der Waals surface area contributed by atoms with Gasteiger partial charge in [0.2, 0.25) is 0 Å². The molecule has 124 valence electrons. The third kappa shape index (κ3) is 3.87. The van der Waals surface area contributed by atoms with Crippen LogP contribution >= 0.6 is 0 Å². The summed E-state index contributed by atoms with van der Waals surface area (Å²) in [6.07, 6.45) is 4.29. The molecule has 1 aromatic heterocycles. The summed E-state index contributed by atoms with van der Waals surface area (Å²) >= 11 is 0. The van der Waals surface area contributed by atoms with E-state index >= 15 is 0 Å². The number of unbranched alkanes of at least 4 members (excludes halogenated alkanes) is 1. The first kappa shape index (κ1) is 17.0. The van der Waals surface area contributed by atoms with Gasteiger partial charge < -0.3 is 10.4 Å². The molecule has 1 aromatic rings. The van der Waals surface area contributed by atoms with Crippen LogP contribution in [0.4, 0.5) is 0 Å². The van der Waals surface area contributed by atoms with E-state index < -0.39 is 0 Å². The van der Waals surface area contributed by atoms with Crippen molar-refractivity contribution in [1.29, 1.82) is 0 Å². The van der Waals surface area contributed by atoms with Gasteiger partial charge in [-0.1, -0.05) is 0 Å². The van der Waals surface area contributed by atoms with E-state index in [9.17, 15) is 9.90 Å². The Morgan fingerprint density at radius 1 is 1.41 bits per heavy atom. The highest BCUT2D eigenvalue weighted by atomic mass is 16.3. The number of nitrogens with one attached hydrogen (secondary N) is 1. The number of amides is 1. The minimum Gasteiger partial charge on any atom is -0.395 e. The number of hydrogen-bond acceptors (Lipinski definition) is 4. The second kappa shape index (κ2) is 7.74. The Bertz CT molecular complexity index is 512. The van der Waals surface area contributed by atoms with Crippen molar-refractivity contribution in [3.05, 3.63) is 17.0 Å². The van der Waals surface area contributed by atoms with Gasteiger partial charge in [-0.3, -0.25) is 14.4 Å². The summed E-state index contributed by atoms with van der Waals surface area (Å²) < 4.78 is 1.74. The second-order valence-electron chi connectivity index (χ2n) is 6.15. The molecule has 1 aliphatic heterocycles. The number of aliphatic hydroxyl groups is 1. The van der Waals surface area contributed by atoms with Gasteiger partial charge in [-0.2, -0.15) is 5.10 Å². The van der Waals surface area contributed by atoms with Crippen LogP contribution < -0.4 is 5.32 Å². The van der Waals surface area contributed by atoms with E-state index in [4.69, 9.17) is 0 Å². The summed E-state index contributed by atoms with van der Waals surface area (Å²) in [5, 5.41) is 16.5. The van der Waals surface area contributed by atoms with Gasteiger partial charge in [0, 0.05) is 25.3 Å². The number of rotatable bonds is 7. The lowest BCUT2D eigenvalue weighted by Crippen LogP contribution is -2.33. The Labute approximate surface area is 132 Å². The van der Waals surface area contributed by atoms with Gasteiger partial charge in [-0.05, 0) is 52.6 Å². The second-order valence-corrected chi connectivity index (χ2v) is 6.15. The molecule has 0 bridgehead atoms. The van der Waals surface area contributed by atoms with Crippen LogP contribution in [0.2, 0.25) is 0 Å². The molecule has 0 radical (unpaired) electrons. The largest absolute Gasteiger partial charge is 0.395 e. The Balaban J connectivity index is 1.69. The molecule has 0 aliphatic carbocycles. The van der Waals surface area contributed by atoms with Gasteiger partial charge in [0.05, 0.1) is 17.9 Å². The van der Waals surface area contributed by atoms with Crippen molar-refractivity contribution in [2.24, 2.45) is 7.05 Å². The van der Waals surface area contributed by atoms with Crippen molar-refractivity contribution in [3.63, 3.8) is 0 Å². The van der Waals surface area contributed by atoms with Crippen molar-refractivity contribution in [3.8, 4) is 0 Å². The molecule has 2 N–H and O–H groups in total. The molecular weight excluding hydrogens is 280 g/mol. The summed E-state index contributed by atoms with van der Waals surface area (Å²) in [4.78, 5) is 14.6. The molecule has 1 atom stereocenters. The lowest BCUT2D eigenvalue weighted by Gasteiger charge is -2.22. The number of carbonyl (C=O) groups excluding carboxylic acids is 1. The van der Waals surface area contributed by atoms with Crippen molar-refractivity contribution >= 4 is 5.91 Å². The van der Waals surface area contributed by atoms with E-state index in [0.29, 0.717) is 18.2 Å². The molecule has 2 rings (SSSR count). The molecular formula is C16H28N4O2. The lowest BCUT2D eigenvalue weighted by atomic mass is 10.2. The summed E-state index contributed by atoms with van der Waals surface area (Å²) in [6.45, 7) is 6.82. The van der Waals surface area contributed by atoms with Gasteiger partial charge in [-0.15, -0.1) is 0 Å². The Kier molecular flexibility index (Phi) is 5.97. The van der Waals surface area contributed by atoms with Crippen molar-refractivity contribution in [2.45, 2.75) is 45.6 Å². The molecule has 1 unspecified atom stereocenters. The van der Waals surface area contributed by atoms with E-state index in [1.807, 2.05) is 20.9 Å². The zero-order chi connectivity index (χ0) is 16.1. The topological polar surface area (TPSA) is 70.4 Å². The van der Waals surface area contributed by atoms with Crippen LogP contribution in [0.3, 0.4) is 0 Å². The number of aliphatic hydroxyl groups excluding tert-OH is 1. The number of aromatic nitrogens is 2. The Hall–Kier alpha value is -1.40. The molecule has 1 aliphatic rings. The molecule has 22 heavy (non-hydrogen) atoms. The lowest BCUT2D eigenvalue weighted by molar-refractivity contribution is 0.0951. The van der Waals surface area contributed by atoms with Gasteiger partial charge >= 0.3 is 0 Å². The van der Waals surface area contributed by atoms with Gasteiger partial charge in [0.1, 0.15) is 0 Å². The summed E-state index contributed by atoms with van der Waals surface area (Å²) in [5.74, 6) is -0.0301. The minimum atomic E-state index is -0.0301. The minimum absolute atomic E-state index is 0.0301. The van der Waals surface area contributed by atoms with Crippen LogP contribution in [0.25, 0.3) is 0 Å². The zero-order valence-corrected chi connectivity index (χ0v) is 13.9. The molecule has 2 heterocycles. The van der Waals surface area contributed by atoms with Gasteiger partial charge in [-0.25, -0.2) is 0 Å². The predicted octanol–water partition coefficient (Wildman–Crippen LogP) is 1.00. The highest BCUT2D eigenvalue weighted by Gasteiger charge is 2.22. The first-order valence-electron chi connectivity index (χ1n) is 8.18. The van der Waals surface area contributed by atoms with Crippen LogP contribution in [-0.4, -0.2) is 58.0 Å². The first-order valence-corrected chi connectivity index (χ1v) is 8.18. The van der Waals surface area contributed by atoms with E-state index in [0.717, 1.165) is 43.7 Å². The van der Waals surface area contributed by atoms with Crippen LogP contribution in [0.15, 0.2) is 0 Å². The fraction of sp³-hybridized carbons (Fsp3) is 0.750. The molecule has 6 nitrogen and oxygen atoms in total. The van der Waals surface area contributed by atoms with E-state index in [-0.39, 0.29) is 12.5 Å². The molecule has 0 aromatic carbocycles. The predicted molar refractivity (Wildman–Crippen MR) is 85.9 cm³/mol. The number of likely N-dealkylation sites (tertiary alicyclic amines) is 1. The fourth-order valence-electron chi connectivity index (χ4n) is 3.23. The van der Waals surface area contributed by atoms with Crippen molar-refractivity contribution in [1.82, 2.24) is 20.0 Å². The number of aryl methyl sites for hydroxylation is 2. The highest BCUT2D eigenvalue weighted by molar-refractivity contribution is 5.96. The van der Waals surface area contributed by atoms with E-state index in [1.54, 1.807) is 4.68 Å². The number of nitrogens with zero attached hydrogens (tertiary/aromatic N) is 3. The Morgan fingerprint density at radius 3 is 2.82 bits per heavy atom. The van der Waals surface area contributed by atoms with Gasteiger partial charge in [0.15, 0.2) is 0 Å². The molecule has 1 saturated heterocycles. The normalized spacial score (nSPS) is 18.8. The number of hydrogen-bond donors (Lipinski definition) is 2. The standard InChI is InChI=1S/C16H28N4O2/c1-12-15(13(2)19(3)18-12)16(22)17-8-4-5-9-20-10-6-7-14(20)11-21/h14,21H,4-11H2,1-3H3,(H,17,22). The molecule has 0 spiro atoms. The average Bonchev–Trinajstić information content (AvgIpc) is 3.03. The molecule has 1 fully saturated rings. The maximum atomic E-state index is 12.2. The van der Waals surface area contributed by atoms with Crippen LogP contribution in [0.1, 0.15) is 47.4 Å². The monoisotopic (exact) mass is 308 g/mol. The SMILES string of the molecule is Cc1nn(C)c(C)c1C(=O)NCCCCN1CCCC1CO. The Morgan fingerprint density at radius 2 is 2.18 bits per heavy atom. The maximum absolute atomic E-state index is 12.2. The number of carbonyl (C=O) groups is 1. The zero-order valence-electron chi connectivity index (χ0n) is 13.9. The summed E-state index contributed by atoms with van der Waals surface area (Å²) in [7, 11) is 1.85. The molecule has 6 heteroatoms. The first-order chi connectivity index (χ1) is 10.5. The summed E-state index contributed by atoms with van der Waals surface area (Å²) in [6, 6.07) is 0.343. The van der Waals surface area contributed by atoms with Crippen molar-refractivity contribution in [2.75, 3.05) is 26.2 Å². The maximum Gasteiger partial charge on any atom is 0.255 e. The smallest absolute Gasteiger partial charge is 0.255 e. The van der Waals surface area contributed by atoms with Crippen molar-refractivity contribution < 1.29 is 9.90 Å². The third-order valence-corrected chi connectivity index (χ3v) is 4.60.